The maximum absolute atomic E-state index is 15.1. The number of carboxylic acids is 1. The zero-order valence-corrected chi connectivity index (χ0v) is 20.0. The molecule has 0 saturated heterocycles. The molecule has 11 heteroatoms. The molecule has 0 aromatic heterocycles. The molecule has 6 aliphatic rings. The lowest BCUT2D eigenvalue weighted by Gasteiger charge is -2.33. The average molecular weight is 524 g/mol. The Kier molecular flexibility index (Phi) is 5.44. The number of carbonyl (C=O) groups excluding carboxylic acids is 2. The summed E-state index contributed by atoms with van der Waals surface area (Å²) in [5, 5.41) is 9.39. The first-order valence-electron chi connectivity index (χ1n) is 12.6. The highest BCUT2D eigenvalue weighted by Crippen LogP contribution is 2.68. The summed E-state index contributed by atoms with van der Waals surface area (Å²) in [5.74, 6) is -6.59. The van der Waals surface area contributed by atoms with Crippen molar-refractivity contribution in [2.24, 2.45) is 40.7 Å². The highest BCUT2D eigenvalue weighted by molar-refractivity contribution is 5.91. The maximum atomic E-state index is 15.1. The minimum Gasteiger partial charge on any atom is -0.479 e. The van der Waals surface area contributed by atoms with E-state index in [0.29, 0.717) is 11.8 Å². The molecule has 1 aromatic rings. The van der Waals surface area contributed by atoms with Gasteiger partial charge in [-0.15, -0.1) is 0 Å². The summed E-state index contributed by atoms with van der Waals surface area (Å²) in [6.45, 7) is -0.999. The summed E-state index contributed by atoms with van der Waals surface area (Å²) >= 11 is 0. The number of ether oxygens (including phenoxy) is 3. The Morgan fingerprint density at radius 1 is 1.00 bits per heavy atom. The third-order valence-corrected chi connectivity index (χ3v) is 9.69. The largest absolute Gasteiger partial charge is 0.479 e. The fourth-order valence-corrected chi connectivity index (χ4v) is 8.16. The second kappa shape index (κ2) is 8.17. The lowest BCUT2D eigenvalue weighted by atomic mass is 9.75. The van der Waals surface area contributed by atoms with Crippen LogP contribution in [0.1, 0.15) is 44.1 Å². The highest BCUT2D eigenvalue weighted by Gasteiger charge is 2.85. The number of hydrogen-bond donors (Lipinski definition) is 2. The van der Waals surface area contributed by atoms with Crippen molar-refractivity contribution in [3.8, 4) is 0 Å². The topological polar surface area (TPSA) is 125 Å². The predicted molar refractivity (Wildman–Crippen MR) is 118 cm³/mol. The number of esters is 2. The molecular formula is C26H28F3NO7. The number of nitrogens with two attached hydrogens (primary N) is 1. The summed E-state index contributed by atoms with van der Waals surface area (Å²) in [6, 6.07) is 3.11. The van der Waals surface area contributed by atoms with Gasteiger partial charge in [-0.1, -0.05) is 6.07 Å². The molecule has 7 atom stereocenters. The number of aliphatic carboxylic acids is 1. The van der Waals surface area contributed by atoms with Gasteiger partial charge in [0, 0.05) is 11.8 Å². The molecule has 200 valence electrons. The van der Waals surface area contributed by atoms with E-state index in [-0.39, 0.29) is 24.5 Å². The molecule has 6 fully saturated rings. The Bertz CT molecular complexity index is 1160. The standard InChI is InChI=1S/C26H28F3NO7/c27-17-2-1-12(6-18(17)28)10-35-19-7-16-20(25(16,29)21(31)32)26(19,30)23(34)37-11-36-22(33)24-8-13-3-14(9-24)5-15(24)4-13/h1-2,6,13-16,19-20H,3-5,7-11,30H2,(H,31,32)/t13?,14?,15?,16-,19-,20+,24?,25-,26+/m1/s1. The highest BCUT2D eigenvalue weighted by atomic mass is 19.2. The van der Waals surface area contributed by atoms with Crippen LogP contribution in [0.15, 0.2) is 18.2 Å². The molecule has 7 rings (SSSR count). The summed E-state index contributed by atoms with van der Waals surface area (Å²) in [6.07, 6.45) is 3.36. The minimum atomic E-state index is -2.72. The number of rotatable bonds is 8. The van der Waals surface area contributed by atoms with E-state index < -0.39 is 70.9 Å². The van der Waals surface area contributed by atoms with E-state index in [2.05, 4.69) is 0 Å². The van der Waals surface area contributed by atoms with Crippen LogP contribution in [0.2, 0.25) is 0 Å². The predicted octanol–water partition coefficient (Wildman–Crippen LogP) is 2.86. The molecule has 8 nitrogen and oxygen atoms in total. The van der Waals surface area contributed by atoms with E-state index in [1.165, 1.54) is 6.07 Å². The summed E-state index contributed by atoms with van der Waals surface area (Å²) in [4.78, 5) is 37.7. The molecule has 3 N–H and O–H groups in total. The number of halogens is 3. The number of benzene rings is 1. The molecule has 2 unspecified atom stereocenters. The number of carboxylic acid groups (broad SMARTS) is 1. The molecule has 6 saturated carbocycles. The fourth-order valence-electron chi connectivity index (χ4n) is 8.16. The van der Waals surface area contributed by atoms with Crippen molar-refractivity contribution in [3.05, 3.63) is 35.4 Å². The van der Waals surface area contributed by atoms with Gasteiger partial charge in [-0.05, 0) is 74.0 Å². The molecule has 0 radical (unpaired) electrons. The molecule has 1 aromatic carbocycles. The van der Waals surface area contributed by atoms with E-state index in [9.17, 15) is 28.3 Å². The van der Waals surface area contributed by atoms with E-state index in [4.69, 9.17) is 19.9 Å². The molecule has 37 heavy (non-hydrogen) atoms. The van der Waals surface area contributed by atoms with Crippen molar-refractivity contribution in [1.82, 2.24) is 0 Å². The van der Waals surface area contributed by atoms with E-state index in [1.807, 2.05) is 0 Å². The Labute approximate surface area is 210 Å². The molecule has 6 aliphatic carbocycles. The van der Waals surface area contributed by atoms with Crippen LogP contribution in [0.3, 0.4) is 0 Å². The van der Waals surface area contributed by atoms with Crippen LogP contribution in [0.25, 0.3) is 0 Å². The van der Waals surface area contributed by atoms with Crippen LogP contribution in [0, 0.1) is 46.6 Å². The minimum absolute atomic E-state index is 0.184. The van der Waals surface area contributed by atoms with Crippen molar-refractivity contribution in [3.63, 3.8) is 0 Å². The van der Waals surface area contributed by atoms with E-state index in [1.54, 1.807) is 0 Å². The molecule has 0 amide bonds. The molecule has 0 spiro atoms. The lowest BCUT2D eigenvalue weighted by Crippen LogP contribution is -2.61. The fraction of sp³-hybridized carbons (Fsp3) is 0.654. The third-order valence-electron chi connectivity index (χ3n) is 9.69. The van der Waals surface area contributed by atoms with E-state index >= 15 is 4.39 Å². The van der Waals surface area contributed by atoms with Gasteiger partial charge in [0.2, 0.25) is 12.5 Å². The molecule has 0 aliphatic heterocycles. The third kappa shape index (κ3) is 3.46. The molecule has 0 heterocycles. The lowest BCUT2D eigenvalue weighted by molar-refractivity contribution is -0.183. The van der Waals surface area contributed by atoms with Gasteiger partial charge in [-0.3, -0.25) is 4.79 Å². The maximum Gasteiger partial charge on any atom is 0.342 e. The van der Waals surface area contributed by atoms with Gasteiger partial charge in [0.25, 0.3) is 0 Å². The number of alkyl halides is 1. The van der Waals surface area contributed by atoms with Gasteiger partial charge in [0.15, 0.2) is 11.6 Å². The summed E-state index contributed by atoms with van der Waals surface area (Å²) in [5.41, 5.74) is 1.15. The second-order valence-electron chi connectivity index (χ2n) is 11.6. The van der Waals surface area contributed by atoms with Crippen LogP contribution in [-0.2, 0) is 35.2 Å². The van der Waals surface area contributed by atoms with Gasteiger partial charge < -0.3 is 25.1 Å². The molecular weight excluding hydrogens is 495 g/mol. The number of fused-ring (bicyclic) bond motifs is 1. The smallest absolute Gasteiger partial charge is 0.342 e. The van der Waals surface area contributed by atoms with Gasteiger partial charge in [0.1, 0.15) is 5.54 Å². The van der Waals surface area contributed by atoms with Crippen LogP contribution in [0.5, 0.6) is 0 Å². The Morgan fingerprint density at radius 2 is 1.68 bits per heavy atom. The quantitative estimate of drug-likeness (QED) is 0.394. The van der Waals surface area contributed by atoms with Crippen molar-refractivity contribution >= 4 is 17.9 Å². The second-order valence-corrected chi connectivity index (χ2v) is 11.6. The first kappa shape index (κ1) is 24.7. The van der Waals surface area contributed by atoms with Crippen LogP contribution < -0.4 is 5.73 Å². The normalized spacial score (nSPS) is 42.5. The van der Waals surface area contributed by atoms with Gasteiger partial charge in [0.05, 0.1) is 18.1 Å². The zero-order valence-electron chi connectivity index (χ0n) is 20.0. The summed E-state index contributed by atoms with van der Waals surface area (Å²) in [7, 11) is 0. The average Bonchev–Trinajstić information content (AvgIpc) is 3.05. The Morgan fingerprint density at radius 3 is 2.32 bits per heavy atom. The monoisotopic (exact) mass is 523 g/mol. The number of hydrogen-bond acceptors (Lipinski definition) is 7. The van der Waals surface area contributed by atoms with Gasteiger partial charge >= 0.3 is 17.9 Å². The van der Waals surface area contributed by atoms with Crippen LogP contribution >= 0.6 is 0 Å². The Balaban J connectivity index is 1.13. The van der Waals surface area contributed by atoms with Crippen molar-refractivity contribution < 1.29 is 46.9 Å². The first-order chi connectivity index (χ1) is 17.5. The first-order valence-corrected chi connectivity index (χ1v) is 12.6. The van der Waals surface area contributed by atoms with Gasteiger partial charge in [-0.25, -0.2) is 22.8 Å². The van der Waals surface area contributed by atoms with E-state index in [0.717, 1.165) is 44.2 Å². The molecule has 4 bridgehead atoms. The van der Waals surface area contributed by atoms with Crippen molar-refractivity contribution in [1.29, 1.82) is 0 Å². The zero-order chi connectivity index (χ0) is 26.3. The van der Waals surface area contributed by atoms with Gasteiger partial charge in [-0.2, -0.15) is 0 Å². The Hall–Kier alpha value is -2.66. The van der Waals surface area contributed by atoms with Crippen LogP contribution in [0.4, 0.5) is 13.2 Å². The SMILES string of the molecule is N[C@]1(C(=O)OCOC(=O)C23CC4CC(CC2C4)C3)[C@H]2[C@@H](C[C@H]1OCc1ccc(F)c(F)c1)[C@]2(F)C(=O)O. The van der Waals surface area contributed by atoms with Crippen molar-refractivity contribution in [2.75, 3.05) is 6.79 Å². The number of carbonyl (C=O) groups is 3. The summed E-state index contributed by atoms with van der Waals surface area (Å²) < 4.78 is 58.1. The van der Waals surface area contributed by atoms with Crippen LogP contribution in [-0.4, -0.2) is 47.1 Å². The van der Waals surface area contributed by atoms with Crippen molar-refractivity contribution in [2.45, 2.75) is 62.4 Å².